The van der Waals surface area contributed by atoms with Crippen LogP contribution in [0.3, 0.4) is 0 Å². The number of hydrogen-bond acceptors (Lipinski definition) is 5. The zero-order chi connectivity index (χ0) is 23.5. The standard InChI is InChI=1S/C26H31N7/c1-16-11-18(3)32(29-16)23-14-20(15-24(28-23)33-19(4)12-17(2)30-33)13-22-26(5,6)21-9-8-10-31(7)25(21)27-22/h8-15,25,27H,1-7H3/b22-13-. The van der Waals surface area contributed by atoms with Crippen molar-refractivity contribution in [2.45, 2.75) is 47.7 Å². The van der Waals surface area contributed by atoms with Crippen molar-refractivity contribution >= 4 is 6.08 Å². The highest BCUT2D eigenvalue weighted by atomic mass is 15.4. The number of likely N-dealkylation sites (N-methyl/N-ethyl adjacent to an activating group) is 1. The fourth-order valence-electron chi connectivity index (χ4n) is 4.82. The molecule has 0 amide bonds. The van der Waals surface area contributed by atoms with E-state index in [9.17, 15) is 0 Å². The topological polar surface area (TPSA) is 63.8 Å². The van der Waals surface area contributed by atoms with Gasteiger partial charge in [0.1, 0.15) is 6.17 Å². The Hall–Kier alpha value is -3.61. The Morgan fingerprint density at radius 2 is 1.48 bits per heavy atom. The summed E-state index contributed by atoms with van der Waals surface area (Å²) in [7, 11) is 2.11. The summed E-state index contributed by atoms with van der Waals surface area (Å²) in [5, 5.41) is 13.1. The van der Waals surface area contributed by atoms with Gasteiger partial charge in [-0.3, -0.25) is 0 Å². The lowest BCUT2D eigenvalue weighted by molar-refractivity contribution is 0.343. The van der Waals surface area contributed by atoms with E-state index in [1.807, 2.05) is 23.2 Å². The molecule has 170 valence electrons. The van der Waals surface area contributed by atoms with Gasteiger partial charge in [-0.15, -0.1) is 0 Å². The third-order valence-electron chi connectivity index (χ3n) is 6.57. The molecule has 5 heterocycles. The minimum atomic E-state index is -0.107. The zero-order valence-electron chi connectivity index (χ0n) is 20.4. The van der Waals surface area contributed by atoms with E-state index in [4.69, 9.17) is 4.98 Å². The van der Waals surface area contributed by atoms with Crippen molar-refractivity contribution < 1.29 is 0 Å². The van der Waals surface area contributed by atoms with Gasteiger partial charge in [0.2, 0.25) is 0 Å². The molecule has 2 aliphatic heterocycles. The molecule has 1 unspecified atom stereocenters. The highest BCUT2D eigenvalue weighted by Gasteiger charge is 2.42. The van der Waals surface area contributed by atoms with E-state index in [0.717, 1.165) is 40.0 Å². The average molecular weight is 442 g/mol. The summed E-state index contributed by atoms with van der Waals surface area (Å²) in [6.45, 7) is 12.7. The van der Waals surface area contributed by atoms with Gasteiger partial charge in [-0.05, 0) is 75.2 Å². The van der Waals surface area contributed by atoms with Gasteiger partial charge in [0.05, 0.1) is 11.4 Å². The second-order valence-corrected chi connectivity index (χ2v) is 9.65. The first-order chi connectivity index (χ1) is 15.6. The van der Waals surface area contributed by atoms with Crippen molar-refractivity contribution in [2.24, 2.45) is 5.41 Å². The number of hydrogen-bond donors (Lipinski definition) is 1. The number of pyridine rings is 1. The number of aromatic nitrogens is 5. The van der Waals surface area contributed by atoms with E-state index in [1.165, 1.54) is 11.3 Å². The first-order valence-electron chi connectivity index (χ1n) is 11.3. The maximum absolute atomic E-state index is 4.94. The molecular weight excluding hydrogens is 410 g/mol. The second-order valence-electron chi connectivity index (χ2n) is 9.65. The smallest absolute Gasteiger partial charge is 0.156 e. The molecule has 7 nitrogen and oxygen atoms in total. The van der Waals surface area contributed by atoms with Gasteiger partial charge >= 0.3 is 0 Å². The molecule has 0 spiro atoms. The predicted molar refractivity (Wildman–Crippen MR) is 131 cm³/mol. The fourth-order valence-corrected chi connectivity index (χ4v) is 4.82. The van der Waals surface area contributed by atoms with Gasteiger partial charge in [0.25, 0.3) is 0 Å². The molecule has 0 saturated carbocycles. The first kappa shape index (κ1) is 21.2. The number of allylic oxidation sites excluding steroid dienone is 3. The Morgan fingerprint density at radius 3 is 1.97 bits per heavy atom. The summed E-state index contributed by atoms with van der Waals surface area (Å²) in [4.78, 5) is 7.15. The van der Waals surface area contributed by atoms with Gasteiger partial charge < -0.3 is 10.2 Å². The van der Waals surface area contributed by atoms with E-state index in [2.05, 4.69) is 104 Å². The molecule has 0 bridgehead atoms. The van der Waals surface area contributed by atoms with Crippen LogP contribution in [0.5, 0.6) is 0 Å². The molecule has 0 aromatic carbocycles. The van der Waals surface area contributed by atoms with Crippen LogP contribution in [-0.4, -0.2) is 42.7 Å². The third-order valence-corrected chi connectivity index (χ3v) is 6.57. The van der Waals surface area contributed by atoms with Crippen LogP contribution in [0.4, 0.5) is 0 Å². The summed E-state index contributed by atoms with van der Waals surface area (Å²) < 4.78 is 3.81. The van der Waals surface area contributed by atoms with Gasteiger partial charge in [-0.2, -0.15) is 10.2 Å². The molecule has 2 aliphatic rings. The molecule has 1 fully saturated rings. The quantitative estimate of drug-likeness (QED) is 0.654. The molecule has 1 atom stereocenters. The van der Waals surface area contributed by atoms with E-state index >= 15 is 0 Å². The SMILES string of the molecule is Cc1cc(C)n(-c2cc(/C=C3\NC4C(=CC=CN4C)C3(C)C)cc(-n3nc(C)cc3C)n2)n1. The van der Waals surface area contributed by atoms with Crippen molar-refractivity contribution in [1.29, 1.82) is 0 Å². The van der Waals surface area contributed by atoms with Gasteiger partial charge in [-0.1, -0.05) is 19.9 Å². The van der Waals surface area contributed by atoms with Crippen molar-refractivity contribution in [3.63, 3.8) is 0 Å². The van der Waals surface area contributed by atoms with E-state index in [-0.39, 0.29) is 11.6 Å². The number of aryl methyl sites for hydroxylation is 4. The van der Waals surface area contributed by atoms with Crippen LogP contribution >= 0.6 is 0 Å². The van der Waals surface area contributed by atoms with Crippen molar-refractivity contribution in [1.82, 2.24) is 34.8 Å². The Bertz CT molecular complexity index is 1270. The number of rotatable bonds is 3. The van der Waals surface area contributed by atoms with Crippen LogP contribution in [0.25, 0.3) is 17.7 Å². The maximum Gasteiger partial charge on any atom is 0.156 e. The molecule has 0 radical (unpaired) electrons. The lowest BCUT2D eigenvalue weighted by Crippen LogP contribution is -2.37. The minimum absolute atomic E-state index is 0.107. The lowest BCUT2D eigenvalue weighted by atomic mass is 9.82. The van der Waals surface area contributed by atoms with Crippen molar-refractivity contribution in [2.75, 3.05) is 7.05 Å². The highest BCUT2D eigenvalue weighted by molar-refractivity contribution is 5.61. The van der Waals surface area contributed by atoms with Crippen LogP contribution in [0, 0.1) is 33.1 Å². The molecule has 3 aromatic rings. The predicted octanol–water partition coefficient (Wildman–Crippen LogP) is 4.37. The monoisotopic (exact) mass is 441 g/mol. The van der Waals surface area contributed by atoms with E-state index in [0.29, 0.717) is 0 Å². The normalized spacial score (nSPS) is 20.2. The summed E-state index contributed by atoms with van der Waals surface area (Å²) in [5.74, 6) is 1.56. The first-order valence-corrected chi connectivity index (χ1v) is 11.3. The van der Waals surface area contributed by atoms with Crippen LogP contribution < -0.4 is 5.32 Å². The summed E-state index contributed by atoms with van der Waals surface area (Å²) in [5.41, 5.74) is 7.53. The van der Waals surface area contributed by atoms with Crippen LogP contribution in [0.1, 0.15) is 42.2 Å². The maximum atomic E-state index is 4.94. The molecule has 33 heavy (non-hydrogen) atoms. The zero-order valence-corrected chi connectivity index (χ0v) is 20.4. The van der Waals surface area contributed by atoms with Crippen molar-refractivity contribution in [3.8, 4) is 11.6 Å². The molecular formula is C26H31N7. The van der Waals surface area contributed by atoms with Crippen LogP contribution in [0.2, 0.25) is 0 Å². The molecule has 7 heteroatoms. The minimum Gasteiger partial charge on any atom is -0.364 e. The fraction of sp³-hybridized carbons (Fsp3) is 0.346. The lowest BCUT2D eigenvalue weighted by Gasteiger charge is -2.29. The molecule has 5 rings (SSSR count). The van der Waals surface area contributed by atoms with E-state index in [1.54, 1.807) is 0 Å². The van der Waals surface area contributed by atoms with Gasteiger partial charge in [0.15, 0.2) is 11.6 Å². The third kappa shape index (κ3) is 3.57. The Balaban J connectivity index is 1.66. The Kier molecular flexibility index (Phi) is 4.81. The molecule has 1 saturated heterocycles. The van der Waals surface area contributed by atoms with Crippen molar-refractivity contribution in [3.05, 3.63) is 82.2 Å². The number of nitrogens with one attached hydrogen (secondary N) is 1. The number of nitrogens with zero attached hydrogens (tertiary/aromatic N) is 6. The molecule has 3 aromatic heterocycles. The average Bonchev–Trinajstić information content (AvgIpc) is 3.35. The van der Waals surface area contributed by atoms with E-state index < -0.39 is 0 Å². The highest BCUT2D eigenvalue weighted by Crippen LogP contribution is 2.44. The Labute approximate surface area is 195 Å². The Morgan fingerprint density at radius 1 is 0.909 bits per heavy atom. The number of fused-ring (bicyclic) bond motifs is 1. The van der Waals surface area contributed by atoms with Gasteiger partial charge in [0, 0.05) is 35.7 Å². The van der Waals surface area contributed by atoms with Crippen LogP contribution in [-0.2, 0) is 0 Å². The van der Waals surface area contributed by atoms with Gasteiger partial charge in [-0.25, -0.2) is 14.3 Å². The molecule has 1 N–H and O–H groups in total. The second kappa shape index (κ2) is 7.47. The summed E-state index contributed by atoms with van der Waals surface area (Å²) in [6.07, 6.45) is 8.86. The molecule has 0 aliphatic carbocycles. The summed E-state index contributed by atoms with van der Waals surface area (Å²) >= 11 is 0. The largest absolute Gasteiger partial charge is 0.364 e. The van der Waals surface area contributed by atoms with Crippen LogP contribution in [0.15, 0.2) is 53.9 Å². The summed E-state index contributed by atoms with van der Waals surface area (Å²) in [6, 6.07) is 8.32.